The van der Waals surface area contributed by atoms with Crippen LogP contribution in [-0.2, 0) is 6.18 Å². The van der Waals surface area contributed by atoms with E-state index >= 15 is 0 Å². The third-order valence-electron chi connectivity index (χ3n) is 4.59. The van der Waals surface area contributed by atoms with Gasteiger partial charge in [-0.25, -0.2) is 9.97 Å². The lowest BCUT2D eigenvalue weighted by Gasteiger charge is -2.25. The number of aromatic hydroxyl groups is 1. The van der Waals surface area contributed by atoms with E-state index in [1.165, 1.54) is 19.5 Å². The van der Waals surface area contributed by atoms with Gasteiger partial charge in [-0.05, 0) is 43.9 Å². The Morgan fingerprint density at radius 2 is 2.00 bits per heavy atom. The Morgan fingerprint density at radius 3 is 2.60 bits per heavy atom. The maximum atomic E-state index is 12.9. The SMILES string of the molecule is Cc1cc(C(F)(F)F)cc(O)c1-c1cnc2cn(C3CCC3)nc2n1. The normalized spacial score (nSPS) is 15.5. The second-order valence-electron chi connectivity index (χ2n) is 6.34. The number of hydrogen-bond donors (Lipinski definition) is 1. The number of fused-ring (bicyclic) bond motifs is 1. The number of aromatic nitrogens is 4. The predicted molar refractivity (Wildman–Crippen MR) is 85.1 cm³/mol. The fourth-order valence-electron chi connectivity index (χ4n) is 3.04. The summed E-state index contributed by atoms with van der Waals surface area (Å²) in [5.41, 5.74) is 0.965. The molecule has 0 bridgehead atoms. The Kier molecular flexibility index (Phi) is 3.45. The molecular weight excluding hydrogens is 333 g/mol. The molecular formula is C17H15F3N4O. The summed E-state index contributed by atoms with van der Waals surface area (Å²) in [4.78, 5) is 8.68. The van der Waals surface area contributed by atoms with Crippen LogP contribution in [0.2, 0.25) is 0 Å². The van der Waals surface area contributed by atoms with Crippen molar-refractivity contribution in [2.24, 2.45) is 0 Å². The van der Waals surface area contributed by atoms with Gasteiger partial charge in [0.2, 0.25) is 0 Å². The zero-order chi connectivity index (χ0) is 17.8. The fraction of sp³-hybridized carbons (Fsp3) is 0.353. The predicted octanol–water partition coefficient (Wildman–Crippen LogP) is 4.25. The highest BCUT2D eigenvalue weighted by molar-refractivity contribution is 5.77. The van der Waals surface area contributed by atoms with Gasteiger partial charge >= 0.3 is 6.18 Å². The van der Waals surface area contributed by atoms with E-state index in [1.807, 2.05) is 10.9 Å². The molecule has 0 radical (unpaired) electrons. The molecule has 3 aromatic rings. The van der Waals surface area contributed by atoms with E-state index in [4.69, 9.17) is 0 Å². The first-order valence-electron chi connectivity index (χ1n) is 7.96. The topological polar surface area (TPSA) is 63.8 Å². The van der Waals surface area contributed by atoms with E-state index in [1.54, 1.807) is 0 Å². The van der Waals surface area contributed by atoms with Crippen molar-refractivity contribution in [2.45, 2.75) is 38.4 Å². The summed E-state index contributed by atoms with van der Waals surface area (Å²) >= 11 is 0. The summed E-state index contributed by atoms with van der Waals surface area (Å²) in [5.74, 6) is -0.473. The van der Waals surface area contributed by atoms with Crippen molar-refractivity contribution in [3.05, 3.63) is 35.7 Å². The molecule has 25 heavy (non-hydrogen) atoms. The lowest BCUT2D eigenvalue weighted by Crippen LogP contribution is -2.17. The number of hydrogen-bond acceptors (Lipinski definition) is 4. The van der Waals surface area contributed by atoms with Gasteiger partial charge in [0.15, 0.2) is 5.65 Å². The molecule has 2 heterocycles. The van der Waals surface area contributed by atoms with Crippen LogP contribution in [0, 0.1) is 6.92 Å². The molecule has 130 valence electrons. The largest absolute Gasteiger partial charge is 0.507 e. The van der Waals surface area contributed by atoms with Gasteiger partial charge in [-0.2, -0.15) is 18.3 Å². The van der Waals surface area contributed by atoms with Crippen LogP contribution in [0.3, 0.4) is 0 Å². The van der Waals surface area contributed by atoms with Crippen LogP contribution < -0.4 is 0 Å². The third-order valence-corrected chi connectivity index (χ3v) is 4.59. The number of phenols is 1. The standard InChI is InChI=1S/C17H15F3N4O/c1-9-5-10(17(18,19)20)6-14(25)15(9)12-7-21-13-8-24(11-3-2-4-11)23-16(13)22-12/h5-8,11,25H,2-4H2,1H3. The van der Waals surface area contributed by atoms with Crippen molar-refractivity contribution < 1.29 is 18.3 Å². The molecule has 0 saturated heterocycles. The lowest BCUT2D eigenvalue weighted by atomic mass is 9.93. The molecule has 2 aromatic heterocycles. The summed E-state index contributed by atoms with van der Waals surface area (Å²) in [7, 11) is 0. The quantitative estimate of drug-likeness (QED) is 0.752. The van der Waals surface area contributed by atoms with E-state index in [-0.39, 0.29) is 11.1 Å². The molecule has 0 unspecified atom stereocenters. The van der Waals surface area contributed by atoms with Gasteiger partial charge in [0.05, 0.1) is 29.7 Å². The third kappa shape index (κ3) is 2.71. The number of rotatable bonds is 2. The average molecular weight is 348 g/mol. The number of nitrogens with zero attached hydrogens (tertiary/aromatic N) is 4. The minimum Gasteiger partial charge on any atom is -0.507 e. The number of aryl methyl sites for hydroxylation is 1. The van der Waals surface area contributed by atoms with E-state index in [9.17, 15) is 18.3 Å². The first kappa shape index (κ1) is 15.9. The highest BCUT2D eigenvalue weighted by Gasteiger charge is 2.32. The number of halogens is 3. The van der Waals surface area contributed by atoms with Gasteiger partial charge < -0.3 is 5.11 Å². The summed E-state index contributed by atoms with van der Waals surface area (Å²) in [6.07, 6.45) is 2.07. The highest BCUT2D eigenvalue weighted by Crippen LogP contribution is 2.38. The van der Waals surface area contributed by atoms with Gasteiger partial charge in [-0.15, -0.1) is 0 Å². The molecule has 0 aliphatic heterocycles. The van der Waals surface area contributed by atoms with Crippen LogP contribution in [0.25, 0.3) is 22.4 Å². The smallest absolute Gasteiger partial charge is 0.416 e. The van der Waals surface area contributed by atoms with Gasteiger partial charge in [0.1, 0.15) is 11.3 Å². The number of alkyl halides is 3. The molecule has 8 heteroatoms. The van der Waals surface area contributed by atoms with Gasteiger partial charge in [0.25, 0.3) is 0 Å². The first-order valence-corrected chi connectivity index (χ1v) is 7.96. The summed E-state index contributed by atoms with van der Waals surface area (Å²) in [6.45, 7) is 1.50. The molecule has 4 rings (SSSR count). The molecule has 1 aliphatic carbocycles. The maximum Gasteiger partial charge on any atom is 0.416 e. The number of benzene rings is 1. The fourth-order valence-corrected chi connectivity index (χ4v) is 3.04. The van der Waals surface area contributed by atoms with Crippen molar-refractivity contribution in [3.63, 3.8) is 0 Å². The second-order valence-corrected chi connectivity index (χ2v) is 6.34. The summed E-state index contributed by atoms with van der Waals surface area (Å²) in [6, 6.07) is 2.07. The van der Waals surface area contributed by atoms with Crippen molar-refractivity contribution in [1.82, 2.24) is 19.7 Å². The molecule has 0 spiro atoms. The first-order chi connectivity index (χ1) is 11.8. The average Bonchev–Trinajstić information content (AvgIpc) is 2.86. The number of phenolic OH excluding ortho intramolecular Hbond substituents is 1. The zero-order valence-corrected chi connectivity index (χ0v) is 13.4. The Hall–Kier alpha value is -2.64. The van der Waals surface area contributed by atoms with Crippen LogP contribution >= 0.6 is 0 Å². The molecule has 0 amide bonds. The van der Waals surface area contributed by atoms with Crippen LogP contribution in [0.5, 0.6) is 5.75 Å². The van der Waals surface area contributed by atoms with Gasteiger partial charge in [-0.1, -0.05) is 0 Å². The minimum absolute atomic E-state index is 0.237. The van der Waals surface area contributed by atoms with Gasteiger partial charge in [-0.3, -0.25) is 4.68 Å². The van der Waals surface area contributed by atoms with Crippen LogP contribution in [0.1, 0.15) is 36.4 Å². The Labute approximate surface area is 141 Å². The summed E-state index contributed by atoms with van der Waals surface area (Å²) in [5, 5.41) is 14.5. The van der Waals surface area contributed by atoms with Crippen molar-refractivity contribution in [2.75, 3.05) is 0 Å². The maximum absolute atomic E-state index is 12.9. The Morgan fingerprint density at radius 1 is 1.24 bits per heavy atom. The molecule has 1 aromatic carbocycles. The lowest BCUT2D eigenvalue weighted by molar-refractivity contribution is -0.137. The van der Waals surface area contributed by atoms with E-state index in [0.717, 1.165) is 18.9 Å². The van der Waals surface area contributed by atoms with E-state index in [0.29, 0.717) is 29.0 Å². The molecule has 1 N–H and O–H groups in total. The van der Waals surface area contributed by atoms with Crippen LogP contribution in [-0.4, -0.2) is 24.9 Å². The van der Waals surface area contributed by atoms with E-state index < -0.39 is 17.5 Å². The molecule has 1 saturated carbocycles. The monoisotopic (exact) mass is 348 g/mol. The summed E-state index contributed by atoms with van der Waals surface area (Å²) < 4.78 is 40.4. The van der Waals surface area contributed by atoms with E-state index in [2.05, 4.69) is 15.1 Å². The Bertz CT molecular complexity index is 937. The second kappa shape index (κ2) is 5.44. The van der Waals surface area contributed by atoms with Gasteiger partial charge in [0, 0.05) is 5.56 Å². The van der Waals surface area contributed by atoms with Crippen molar-refractivity contribution in [1.29, 1.82) is 0 Å². The molecule has 1 aliphatic rings. The Balaban J connectivity index is 1.78. The van der Waals surface area contributed by atoms with Crippen LogP contribution in [0.4, 0.5) is 13.2 Å². The van der Waals surface area contributed by atoms with Crippen LogP contribution in [0.15, 0.2) is 24.5 Å². The minimum atomic E-state index is -4.52. The highest BCUT2D eigenvalue weighted by atomic mass is 19.4. The molecule has 5 nitrogen and oxygen atoms in total. The molecule has 1 fully saturated rings. The van der Waals surface area contributed by atoms with Crippen molar-refractivity contribution in [3.8, 4) is 17.0 Å². The molecule has 0 atom stereocenters. The zero-order valence-electron chi connectivity index (χ0n) is 13.4. The van der Waals surface area contributed by atoms with Crippen molar-refractivity contribution >= 4 is 11.2 Å².